The van der Waals surface area contributed by atoms with Crippen LogP contribution in [-0.2, 0) is 6.42 Å². The molecule has 0 fully saturated rings. The summed E-state index contributed by atoms with van der Waals surface area (Å²) in [4.78, 5) is 15.1. The Morgan fingerprint density at radius 1 is 1.13 bits per heavy atom. The van der Waals surface area contributed by atoms with E-state index in [1.165, 1.54) is 18.7 Å². The van der Waals surface area contributed by atoms with Crippen LogP contribution in [0.3, 0.4) is 0 Å². The predicted octanol–water partition coefficient (Wildman–Crippen LogP) is 4.16. The number of aliphatic hydroxyl groups excluding tert-OH is 1. The Bertz CT molecular complexity index is 954. The lowest BCUT2D eigenvalue weighted by Gasteiger charge is -2.12. The van der Waals surface area contributed by atoms with Crippen LogP contribution in [0.25, 0.3) is 11.1 Å². The van der Waals surface area contributed by atoms with Crippen LogP contribution in [0.15, 0.2) is 67.0 Å². The molecule has 166 valence electrons. The van der Waals surface area contributed by atoms with Crippen molar-refractivity contribution in [1.29, 1.82) is 0 Å². The highest BCUT2D eigenvalue weighted by molar-refractivity contribution is 5.89. The van der Waals surface area contributed by atoms with E-state index in [0.29, 0.717) is 12.3 Å². The number of aliphatic hydroxyl groups is 1. The SMILES string of the molecule is COc1cc(C(=O)O)ccc1-c1ccc(CCNC[C@@H](O)c2cccnc2)cc1.Cl.Cl. The van der Waals surface area contributed by atoms with Gasteiger partial charge < -0.3 is 20.3 Å². The lowest BCUT2D eigenvalue weighted by Crippen LogP contribution is -2.23. The van der Waals surface area contributed by atoms with E-state index < -0.39 is 12.1 Å². The third kappa shape index (κ3) is 7.22. The minimum absolute atomic E-state index is 0. The quantitative estimate of drug-likeness (QED) is 0.411. The number of halogens is 2. The van der Waals surface area contributed by atoms with E-state index in [9.17, 15) is 9.90 Å². The number of carboxylic acids is 1. The molecule has 1 aromatic heterocycles. The first-order valence-corrected chi connectivity index (χ1v) is 9.38. The van der Waals surface area contributed by atoms with Gasteiger partial charge in [-0.3, -0.25) is 4.98 Å². The van der Waals surface area contributed by atoms with Gasteiger partial charge in [0.15, 0.2) is 0 Å². The summed E-state index contributed by atoms with van der Waals surface area (Å²) < 4.78 is 5.36. The number of pyridine rings is 1. The first kappa shape index (κ1) is 26.4. The lowest BCUT2D eigenvalue weighted by atomic mass is 10.0. The maximum atomic E-state index is 11.1. The summed E-state index contributed by atoms with van der Waals surface area (Å²) in [6.45, 7) is 1.21. The Balaban J connectivity index is 0.00000240. The van der Waals surface area contributed by atoms with Crippen LogP contribution in [0.4, 0.5) is 0 Å². The van der Waals surface area contributed by atoms with E-state index in [1.54, 1.807) is 24.5 Å². The van der Waals surface area contributed by atoms with Crippen molar-refractivity contribution >= 4 is 30.8 Å². The Labute approximate surface area is 194 Å². The number of carbonyl (C=O) groups is 1. The fourth-order valence-corrected chi connectivity index (χ4v) is 3.08. The van der Waals surface area contributed by atoms with Crippen LogP contribution in [0.5, 0.6) is 5.75 Å². The zero-order valence-corrected chi connectivity index (χ0v) is 18.7. The van der Waals surface area contributed by atoms with Gasteiger partial charge in [-0.15, -0.1) is 24.8 Å². The summed E-state index contributed by atoms with van der Waals surface area (Å²) >= 11 is 0. The number of aromatic carboxylic acids is 1. The number of hydrogen-bond acceptors (Lipinski definition) is 5. The number of hydrogen-bond donors (Lipinski definition) is 3. The van der Waals surface area contributed by atoms with E-state index in [2.05, 4.69) is 10.3 Å². The van der Waals surface area contributed by atoms with Gasteiger partial charge in [-0.25, -0.2) is 4.79 Å². The predicted molar refractivity (Wildman–Crippen MR) is 126 cm³/mol. The average Bonchev–Trinajstić information content (AvgIpc) is 2.77. The van der Waals surface area contributed by atoms with Crippen molar-refractivity contribution in [1.82, 2.24) is 10.3 Å². The molecule has 3 rings (SSSR count). The van der Waals surface area contributed by atoms with Crippen molar-refractivity contribution in [2.75, 3.05) is 20.2 Å². The van der Waals surface area contributed by atoms with Crippen LogP contribution in [-0.4, -0.2) is 41.4 Å². The second-order valence-electron chi connectivity index (χ2n) is 6.67. The van der Waals surface area contributed by atoms with Crippen molar-refractivity contribution in [3.63, 3.8) is 0 Å². The minimum atomic E-state index is -0.980. The molecule has 2 aromatic carbocycles. The van der Waals surface area contributed by atoms with Crippen LogP contribution in [0.1, 0.15) is 27.6 Å². The van der Waals surface area contributed by atoms with Gasteiger partial charge >= 0.3 is 5.97 Å². The molecule has 0 bridgehead atoms. The highest BCUT2D eigenvalue weighted by Crippen LogP contribution is 2.31. The Morgan fingerprint density at radius 3 is 2.48 bits per heavy atom. The highest BCUT2D eigenvalue weighted by Gasteiger charge is 2.11. The molecular weight excluding hydrogens is 439 g/mol. The van der Waals surface area contributed by atoms with Gasteiger partial charge in [-0.2, -0.15) is 0 Å². The minimum Gasteiger partial charge on any atom is -0.496 e. The van der Waals surface area contributed by atoms with Crippen LogP contribution in [0.2, 0.25) is 0 Å². The van der Waals surface area contributed by atoms with Crippen LogP contribution in [0, 0.1) is 0 Å². The molecule has 0 aliphatic rings. The second-order valence-corrected chi connectivity index (χ2v) is 6.67. The number of benzene rings is 2. The lowest BCUT2D eigenvalue weighted by molar-refractivity contribution is 0.0696. The summed E-state index contributed by atoms with van der Waals surface area (Å²) in [6.07, 6.45) is 3.60. The van der Waals surface area contributed by atoms with Gasteiger partial charge in [-0.05, 0) is 48.4 Å². The maximum Gasteiger partial charge on any atom is 0.335 e. The van der Waals surface area contributed by atoms with Crippen molar-refractivity contribution in [3.8, 4) is 16.9 Å². The monoisotopic (exact) mass is 464 g/mol. The molecule has 0 aliphatic carbocycles. The molecular formula is C23H26Cl2N2O4. The number of nitrogens with zero attached hydrogens (tertiary/aromatic N) is 1. The Hall–Kier alpha value is -2.64. The third-order valence-corrected chi connectivity index (χ3v) is 4.71. The Kier molecular flexibility index (Phi) is 11.0. The summed E-state index contributed by atoms with van der Waals surface area (Å²) in [7, 11) is 1.53. The molecule has 0 saturated heterocycles. The first-order valence-electron chi connectivity index (χ1n) is 9.38. The molecule has 6 nitrogen and oxygen atoms in total. The number of ether oxygens (including phenoxy) is 1. The second kappa shape index (κ2) is 12.9. The standard InChI is InChI=1S/C23H24N2O4.2ClH/c1-29-22-13-18(23(27)28)8-9-20(22)17-6-4-16(5-7-17)10-12-25-15-21(26)19-3-2-11-24-14-19;;/h2-9,11,13-14,21,25-26H,10,12,15H2,1H3,(H,27,28);2*1H/t21-;;/m1../s1. The molecule has 0 saturated carbocycles. The van der Waals surface area contributed by atoms with E-state index in [0.717, 1.165) is 29.7 Å². The van der Waals surface area contributed by atoms with Crippen molar-refractivity contribution in [2.45, 2.75) is 12.5 Å². The fourth-order valence-electron chi connectivity index (χ4n) is 3.08. The van der Waals surface area contributed by atoms with E-state index in [1.807, 2.05) is 36.4 Å². The number of aromatic nitrogens is 1. The first-order chi connectivity index (χ1) is 14.1. The maximum absolute atomic E-state index is 11.1. The molecule has 31 heavy (non-hydrogen) atoms. The number of rotatable bonds is 9. The number of carboxylic acid groups (broad SMARTS) is 1. The van der Waals surface area contributed by atoms with Crippen LogP contribution >= 0.6 is 24.8 Å². The van der Waals surface area contributed by atoms with E-state index >= 15 is 0 Å². The van der Waals surface area contributed by atoms with E-state index in [-0.39, 0.29) is 30.4 Å². The zero-order valence-electron chi connectivity index (χ0n) is 17.0. The summed E-state index contributed by atoms with van der Waals surface area (Å²) in [5, 5.41) is 22.5. The van der Waals surface area contributed by atoms with Gasteiger partial charge in [0.25, 0.3) is 0 Å². The molecule has 0 unspecified atom stereocenters. The molecule has 0 radical (unpaired) electrons. The molecule has 0 aliphatic heterocycles. The average molecular weight is 465 g/mol. The van der Waals surface area contributed by atoms with Gasteiger partial charge in [0, 0.05) is 30.1 Å². The summed E-state index contributed by atoms with van der Waals surface area (Å²) in [5.74, 6) is -0.449. The van der Waals surface area contributed by atoms with Crippen molar-refractivity contribution in [3.05, 3.63) is 83.7 Å². The fraction of sp³-hybridized carbons (Fsp3) is 0.217. The Morgan fingerprint density at radius 2 is 1.87 bits per heavy atom. The van der Waals surface area contributed by atoms with Gasteiger partial charge in [0.05, 0.1) is 18.8 Å². The molecule has 1 atom stereocenters. The largest absolute Gasteiger partial charge is 0.496 e. The molecule has 0 spiro atoms. The summed E-state index contributed by atoms with van der Waals surface area (Å²) in [6, 6.07) is 16.6. The van der Waals surface area contributed by atoms with Gasteiger partial charge in [-0.1, -0.05) is 30.3 Å². The van der Waals surface area contributed by atoms with E-state index in [4.69, 9.17) is 9.84 Å². The molecule has 8 heteroatoms. The smallest absolute Gasteiger partial charge is 0.335 e. The van der Waals surface area contributed by atoms with Crippen molar-refractivity contribution < 1.29 is 19.7 Å². The van der Waals surface area contributed by atoms with Gasteiger partial charge in [0.1, 0.15) is 5.75 Å². The number of methoxy groups -OCH3 is 1. The van der Waals surface area contributed by atoms with Gasteiger partial charge in [0.2, 0.25) is 0 Å². The van der Waals surface area contributed by atoms with Crippen LogP contribution < -0.4 is 10.1 Å². The summed E-state index contributed by atoms with van der Waals surface area (Å²) in [5.41, 5.74) is 3.97. The molecule has 1 heterocycles. The normalized spacial score (nSPS) is 11.0. The molecule has 3 aromatic rings. The van der Waals surface area contributed by atoms with Crippen molar-refractivity contribution in [2.24, 2.45) is 0 Å². The third-order valence-electron chi connectivity index (χ3n) is 4.71. The number of nitrogens with one attached hydrogen (secondary N) is 1. The zero-order chi connectivity index (χ0) is 20.6. The highest BCUT2D eigenvalue weighted by atomic mass is 35.5. The molecule has 0 amide bonds. The topological polar surface area (TPSA) is 91.7 Å². The molecule has 3 N–H and O–H groups in total.